The fourth-order valence-electron chi connectivity index (χ4n) is 0.816. The molecule has 0 rings (SSSR count). The molecule has 5 heteroatoms. The van der Waals surface area contributed by atoms with Crippen LogP contribution in [0.15, 0.2) is 0 Å². The summed E-state index contributed by atoms with van der Waals surface area (Å²) in [6, 6.07) is 0. The van der Waals surface area contributed by atoms with Gasteiger partial charge in [-0.15, -0.1) is 0 Å². The van der Waals surface area contributed by atoms with Crippen LogP contribution >= 0.6 is 0 Å². The second-order valence-electron chi connectivity index (χ2n) is 2.59. The number of hydrogen-bond donors (Lipinski definition) is 2. The van der Waals surface area contributed by atoms with E-state index < -0.39 is 0 Å². The van der Waals surface area contributed by atoms with Gasteiger partial charge < -0.3 is 25.7 Å². The number of ether oxygens (including phenoxy) is 3. The molecule has 13 heavy (non-hydrogen) atoms. The topological polar surface area (TPSA) is 79.7 Å². The van der Waals surface area contributed by atoms with E-state index in [1.54, 1.807) is 13.8 Å². The summed E-state index contributed by atoms with van der Waals surface area (Å²) >= 11 is 0. The summed E-state index contributed by atoms with van der Waals surface area (Å²) in [5.41, 5.74) is 10.5. The Kier molecular flexibility index (Phi) is 8.27. The molecule has 0 aromatic carbocycles. The number of hydrogen-bond acceptors (Lipinski definition) is 5. The molecule has 0 aliphatic rings. The Balaban J connectivity index is 3.35. The van der Waals surface area contributed by atoms with Gasteiger partial charge in [-0.25, -0.2) is 0 Å². The van der Waals surface area contributed by atoms with E-state index in [0.29, 0.717) is 26.3 Å². The van der Waals surface area contributed by atoms with E-state index in [0.717, 1.165) is 0 Å². The van der Waals surface area contributed by atoms with Gasteiger partial charge in [0.05, 0.1) is 13.2 Å². The minimum Gasteiger partial charge on any atom is -0.352 e. The van der Waals surface area contributed by atoms with Crippen molar-refractivity contribution in [1.82, 2.24) is 0 Å². The van der Waals surface area contributed by atoms with Gasteiger partial charge in [0.2, 0.25) is 0 Å². The fourth-order valence-corrected chi connectivity index (χ4v) is 0.816. The predicted molar refractivity (Wildman–Crippen MR) is 50.0 cm³/mol. The quantitative estimate of drug-likeness (QED) is 0.514. The third-order valence-corrected chi connectivity index (χ3v) is 1.32. The molecule has 0 radical (unpaired) electrons. The summed E-state index contributed by atoms with van der Waals surface area (Å²) in [5, 5.41) is 0. The van der Waals surface area contributed by atoms with Gasteiger partial charge in [-0.3, -0.25) is 0 Å². The lowest BCUT2D eigenvalue weighted by Crippen LogP contribution is -2.26. The molecule has 0 aliphatic heterocycles. The van der Waals surface area contributed by atoms with Gasteiger partial charge in [0, 0.05) is 13.1 Å². The summed E-state index contributed by atoms with van der Waals surface area (Å²) < 4.78 is 15.7. The zero-order valence-electron chi connectivity index (χ0n) is 8.36. The lowest BCUT2D eigenvalue weighted by Gasteiger charge is -2.19. The van der Waals surface area contributed by atoms with Crippen molar-refractivity contribution in [2.45, 2.75) is 26.4 Å². The second-order valence-corrected chi connectivity index (χ2v) is 2.59. The molecule has 0 aliphatic carbocycles. The minimum absolute atomic E-state index is 0.295. The summed E-state index contributed by atoms with van der Waals surface area (Å²) in [4.78, 5) is 0. The Labute approximate surface area is 79.3 Å². The molecule has 0 fully saturated rings. The van der Waals surface area contributed by atoms with Crippen molar-refractivity contribution in [3.63, 3.8) is 0 Å². The van der Waals surface area contributed by atoms with Crippen molar-refractivity contribution < 1.29 is 14.2 Å². The first-order chi connectivity index (χ1) is 6.20. The summed E-state index contributed by atoms with van der Waals surface area (Å²) in [5.74, 6) is 0. The van der Waals surface area contributed by atoms with E-state index in [2.05, 4.69) is 0 Å². The van der Waals surface area contributed by atoms with Gasteiger partial charge in [-0.1, -0.05) is 0 Å². The maximum atomic E-state index is 5.30. The van der Waals surface area contributed by atoms with Crippen molar-refractivity contribution in [2.75, 3.05) is 26.3 Å². The smallest absolute Gasteiger partial charge is 0.158 e. The fraction of sp³-hybridized carbons (Fsp3) is 1.00. The Hall–Kier alpha value is -0.200. The monoisotopic (exact) mass is 192 g/mol. The molecule has 0 amide bonds. The normalized spacial score (nSPS) is 15.7. The maximum Gasteiger partial charge on any atom is 0.158 e. The van der Waals surface area contributed by atoms with Crippen molar-refractivity contribution in [3.05, 3.63) is 0 Å². The van der Waals surface area contributed by atoms with Gasteiger partial charge in [-0.2, -0.15) is 0 Å². The second kappa shape index (κ2) is 8.40. The zero-order valence-corrected chi connectivity index (χ0v) is 8.36. The Morgan fingerprint density at radius 2 is 1.31 bits per heavy atom. The van der Waals surface area contributed by atoms with Crippen LogP contribution in [0.3, 0.4) is 0 Å². The average Bonchev–Trinajstić information content (AvgIpc) is 2.11. The first-order valence-electron chi connectivity index (χ1n) is 4.49. The van der Waals surface area contributed by atoms with E-state index in [-0.39, 0.29) is 12.6 Å². The Morgan fingerprint density at radius 1 is 0.923 bits per heavy atom. The molecular formula is C8H20N2O3. The third-order valence-electron chi connectivity index (χ3n) is 1.32. The SMILES string of the molecule is CC(OCCN)OC(C)OCCN. The minimum atomic E-state index is -0.295. The molecule has 0 aromatic rings. The molecule has 0 saturated heterocycles. The number of rotatable bonds is 8. The van der Waals surface area contributed by atoms with Crippen molar-refractivity contribution in [2.24, 2.45) is 11.5 Å². The lowest BCUT2D eigenvalue weighted by atomic mass is 10.6. The summed E-state index contributed by atoms with van der Waals surface area (Å²) in [6.45, 7) is 5.57. The van der Waals surface area contributed by atoms with E-state index in [1.165, 1.54) is 0 Å². The van der Waals surface area contributed by atoms with Gasteiger partial charge in [0.1, 0.15) is 0 Å². The highest BCUT2D eigenvalue weighted by Crippen LogP contribution is 2.00. The molecule has 2 atom stereocenters. The van der Waals surface area contributed by atoms with Crippen LogP contribution in [-0.2, 0) is 14.2 Å². The highest BCUT2D eigenvalue weighted by atomic mass is 16.8. The number of nitrogens with two attached hydrogens (primary N) is 2. The van der Waals surface area contributed by atoms with Gasteiger partial charge in [0.25, 0.3) is 0 Å². The first kappa shape index (κ1) is 12.8. The van der Waals surface area contributed by atoms with Gasteiger partial charge in [0.15, 0.2) is 12.6 Å². The predicted octanol–water partition coefficient (Wildman–Crippen LogP) is -0.354. The average molecular weight is 192 g/mol. The highest BCUT2D eigenvalue weighted by Gasteiger charge is 2.07. The highest BCUT2D eigenvalue weighted by molar-refractivity contribution is 4.39. The van der Waals surface area contributed by atoms with E-state index in [4.69, 9.17) is 25.7 Å². The van der Waals surface area contributed by atoms with Crippen LogP contribution in [0, 0.1) is 0 Å². The maximum absolute atomic E-state index is 5.30. The van der Waals surface area contributed by atoms with Crippen LogP contribution in [0.4, 0.5) is 0 Å². The van der Waals surface area contributed by atoms with Crippen LogP contribution in [-0.4, -0.2) is 38.9 Å². The molecule has 5 nitrogen and oxygen atoms in total. The summed E-state index contributed by atoms with van der Waals surface area (Å²) in [6.07, 6.45) is -0.590. The van der Waals surface area contributed by atoms with Crippen LogP contribution in [0.1, 0.15) is 13.8 Å². The van der Waals surface area contributed by atoms with Crippen LogP contribution < -0.4 is 11.5 Å². The van der Waals surface area contributed by atoms with Gasteiger partial charge >= 0.3 is 0 Å². The molecule has 0 heterocycles. The Morgan fingerprint density at radius 3 is 1.62 bits per heavy atom. The zero-order chi connectivity index (χ0) is 10.1. The standard InChI is InChI=1S/C8H20N2O3/c1-7(11-5-3-9)13-8(2)12-6-4-10/h7-8H,3-6,9-10H2,1-2H3. The van der Waals surface area contributed by atoms with Crippen LogP contribution in [0.2, 0.25) is 0 Å². The third kappa shape index (κ3) is 8.14. The van der Waals surface area contributed by atoms with Crippen molar-refractivity contribution in [3.8, 4) is 0 Å². The van der Waals surface area contributed by atoms with Gasteiger partial charge in [-0.05, 0) is 13.8 Å². The largest absolute Gasteiger partial charge is 0.352 e. The van der Waals surface area contributed by atoms with E-state index in [1.807, 2.05) is 0 Å². The molecule has 80 valence electrons. The molecular weight excluding hydrogens is 172 g/mol. The van der Waals surface area contributed by atoms with Crippen molar-refractivity contribution in [1.29, 1.82) is 0 Å². The lowest BCUT2D eigenvalue weighted by molar-refractivity contribution is -0.229. The molecule has 0 bridgehead atoms. The summed E-state index contributed by atoms with van der Waals surface area (Å²) in [7, 11) is 0. The Bertz CT molecular complexity index is 102. The molecule has 2 unspecified atom stereocenters. The molecule has 0 spiro atoms. The molecule has 0 aromatic heterocycles. The van der Waals surface area contributed by atoms with E-state index in [9.17, 15) is 0 Å². The van der Waals surface area contributed by atoms with Crippen molar-refractivity contribution >= 4 is 0 Å². The van der Waals surface area contributed by atoms with E-state index >= 15 is 0 Å². The van der Waals surface area contributed by atoms with Crippen LogP contribution in [0.25, 0.3) is 0 Å². The molecule has 0 saturated carbocycles. The first-order valence-corrected chi connectivity index (χ1v) is 4.49. The molecule has 4 N–H and O–H groups in total. The van der Waals surface area contributed by atoms with Crippen LogP contribution in [0.5, 0.6) is 0 Å².